The van der Waals surface area contributed by atoms with E-state index in [0.29, 0.717) is 0 Å². The maximum absolute atomic E-state index is 4.24. The molecule has 0 saturated heterocycles. The SMILES string of the molecule is Brc1ccc(/C=N/c2ccccn2)s1. The first kappa shape index (κ1) is 9.55. The van der Waals surface area contributed by atoms with Gasteiger partial charge in [-0.25, -0.2) is 9.98 Å². The molecule has 0 aliphatic rings. The Morgan fingerprint density at radius 3 is 2.86 bits per heavy atom. The van der Waals surface area contributed by atoms with Crippen molar-refractivity contribution in [3.63, 3.8) is 0 Å². The number of halogens is 1. The molecule has 70 valence electrons. The predicted octanol–water partition coefficient (Wildman–Crippen LogP) is 3.66. The summed E-state index contributed by atoms with van der Waals surface area (Å²) in [6, 6.07) is 9.69. The minimum atomic E-state index is 0.733. The first-order chi connectivity index (χ1) is 6.84. The molecule has 0 N–H and O–H groups in total. The minimum absolute atomic E-state index is 0.733. The van der Waals surface area contributed by atoms with Gasteiger partial charge in [-0.2, -0.15) is 0 Å². The van der Waals surface area contributed by atoms with Crippen molar-refractivity contribution in [1.82, 2.24) is 4.98 Å². The number of hydrogen-bond acceptors (Lipinski definition) is 3. The van der Waals surface area contributed by atoms with Crippen molar-refractivity contribution in [3.8, 4) is 0 Å². The summed E-state index contributed by atoms with van der Waals surface area (Å²) in [6.07, 6.45) is 3.55. The molecule has 0 radical (unpaired) electrons. The third-order valence-electron chi connectivity index (χ3n) is 1.57. The maximum atomic E-state index is 4.24. The van der Waals surface area contributed by atoms with Crippen molar-refractivity contribution in [1.29, 1.82) is 0 Å². The molecular weight excluding hydrogens is 260 g/mol. The summed E-state index contributed by atoms with van der Waals surface area (Å²) in [5.41, 5.74) is 0. The Bertz CT molecular complexity index is 436. The normalized spacial score (nSPS) is 10.9. The lowest BCUT2D eigenvalue weighted by Gasteiger charge is -1.88. The monoisotopic (exact) mass is 266 g/mol. The third-order valence-corrected chi connectivity index (χ3v) is 3.13. The molecule has 0 bridgehead atoms. The van der Waals surface area contributed by atoms with E-state index in [1.54, 1.807) is 17.5 Å². The van der Waals surface area contributed by atoms with Gasteiger partial charge in [-0.3, -0.25) is 0 Å². The molecule has 2 aromatic heterocycles. The summed E-state index contributed by atoms with van der Waals surface area (Å²) in [5, 5.41) is 0. The van der Waals surface area contributed by atoms with Crippen LogP contribution in [0.5, 0.6) is 0 Å². The zero-order valence-electron chi connectivity index (χ0n) is 7.22. The molecule has 0 unspecified atom stereocenters. The molecule has 0 atom stereocenters. The van der Waals surface area contributed by atoms with Crippen LogP contribution in [0.4, 0.5) is 5.82 Å². The van der Waals surface area contributed by atoms with Crippen LogP contribution in [-0.2, 0) is 0 Å². The van der Waals surface area contributed by atoms with Crippen LogP contribution in [0.15, 0.2) is 45.3 Å². The van der Waals surface area contributed by atoms with Crippen molar-refractivity contribution in [3.05, 3.63) is 45.2 Å². The van der Waals surface area contributed by atoms with Gasteiger partial charge in [0.2, 0.25) is 0 Å². The summed E-state index contributed by atoms with van der Waals surface area (Å²) in [5.74, 6) is 0.733. The summed E-state index contributed by atoms with van der Waals surface area (Å²) in [6.45, 7) is 0. The van der Waals surface area contributed by atoms with E-state index >= 15 is 0 Å². The number of aromatic nitrogens is 1. The molecule has 0 aromatic carbocycles. The van der Waals surface area contributed by atoms with Crippen molar-refractivity contribution in [2.45, 2.75) is 0 Å². The van der Waals surface area contributed by atoms with E-state index in [1.807, 2.05) is 36.5 Å². The van der Waals surface area contributed by atoms with Crippen LogP contribution in [0, 0.1) is 0 Å². The molecule has 2 nitrogen and oxygen atoms in total. The topological polar surface area (TPSA) is 25.2 Å². The zero-order chi connectivity index (χ0) is 9.80. The first-order valence-corrected chi connectivity index (χ1v) is 5.66. The number of thiophene rings is 1. The van der Waals surface area contributed by atoms with Gasteiger partial charge < -0.3 is 0 Å². The highest BCUT2D eigenvalue weighted by Crippen LogP contribution is 2.20. The molecule has 0 fully saturated rings. The summed E-state index contributed by atoms with van der Waals surface area (Å²) < 4.78 is 1.11. The van der Waals surface area contributed by atoms with Crippen molar-refractivity contribution in [2.75, 3.05) is 0 Å². The Kier molecular flexibility index (Phi) is 3.06. The fourth-order valence-electron chi connectivity index (χ4n) is 0.958. The van der Waals surface area contributed by atoms with Crippen LogP contribution in [-0.4, -0.2) is 11.2 Å². The molecule has 2 heterocycles. The Morgan fingerprint density at radius 2 is 2.21 bits per heavy atom. The second-order valence-corrected chi connectivity index (χ2v) is 5.08. The number of aliphatic imine (C=N–C) groups is 1. The molecule has 0 spiro atoms. The fourth-order valence-corrected chi connectivity index (χ4v) is 2.25. The number of rotatable bonds is 2. The van der Waals surface area contributed by atoms with Crippen LogP contribution in [0.2, 0.25) is 0 Å². The van der Waals surface area contributed by atoms with E-state index in [2.05, 4.69) is 25.9 Å². The van der Waals surface area contributed by atoms with Crippen LogP contribution in [0.25, 0.3) is 0 Å². The summed E-state index contributed by atoms with van der Waals surface area (Å²) in [4.78, 5) is 9.45. The van der Waals surface area contributed by atoms with Crippen LogP contribution < -0.4 is 0 Å². The molecule has 2 aromatic rings. The fraction of sp³-hybridized carbons (Fsp3) is 0. The van der Waals surface area contributed by atoms with Crippen LogP contribution in [0.3, 0.4) is 0 Å². The molecular formula is C10H7BrN2S. The summed E-state index contributed by atoms with van der Waals surface area (Å²) in [7, 11) is 0. The molecule has 0 saturated carbocycles. The molecule has 0 aliphatic heterocycles. The second kappa shape index (κ2) is 4.48. The highest BCUT2D eigenvalue weighted by Gasteiger charge is 1.93. The smallest absolute Gasteiger partial charge is 0.151 e. The number of pyridine rings is 1. The quantitative estimate of drug-likeness (QED) is 0.762. The standard InChI is InChI=1S/C10H7BrN2S/c11-9-5-4-8(14-9)7-13-10-3-1-2-6-12-10/h1-7H/b13-7+. The predicted molar refractivity (Wildman–Crippen MR) is 63.5 cm³/mol. The molecule has 14 heavy (non-hydrogen) atoms. The third kappa shape index (κ3) is 2.49. The van der Waals surface area contributed by atoms with Crippen LogP contribution >= 0.6 is 27.3 Å². The van der Waals surface area contributed by atoms with E-state index in [9.17, 15) is 0 Å². The van der Waals surface area contributed by atoms with E-state index in [-0.39, 0.29) is 0 Å². The molecule has 2 rings (SSSR count). The lowest BCUT2D eigenvalue weighted by molar-refractivity contribution is 1.28. The van der Waals surface area contributed by atoms with E-state index < -0.39 is 0 Å². The van der Waals surface area contributed by atoms with E-state index in [0.717, 1.165) is 14.5 Å². The zero-order valence-corrected chi connectivity index (χ0v) is 9.62. The van der Waals surface area contributed by atoms with Gasteiger partial charge in [-0.15, -0.1) is 11.3 Å². The Hall–Kier alpha value is -1.00. The van der Waals surface area contributed by atoms with Gasteiger partial charge >= 0.3 is 0 Å². The lowest BCUT2D eigenvalue weighted by Crippen LogP contribution is -1.74. The van der Waals surface area contributed by atoms with E-state index in [4.69, 9.17) is 0 Å². The van der Waals surface area contributed by atoms with Gasteiger partial charge in [0.05, 0.1) is 3.79 Å². The van der Waals surface area contributed by atoms with Crippen molar-refractivity contribution >= 4 is 39.3 Å². The number of nitrogens with zero attached hydrogens (tertiary/aromatic N) is 2. The van der Waals surface area contributed by atoms with E-state index in [1.165, 1.54) is 0 Å². The highest BCUT2D eigenvalue weighted by molar-refractivity contribution is 9.11. The van der Waals surface area contributed by atoms with Crippen LogP contribution in [0.1, 0.15) is 4.88 Å². The average Bonchev–Trinajstić information content (AvgIpc) is 2.63. The van der Waals surface area contributed by atoms with Gasteiger partial charge in [-0.05, 0) is 40.2 Å². The van der Waals surface area contributed by atoms with Gasteiger partial charge in [-0.1, -0.05) is 6.07 Å². The van der Waals surface area contributed by atoms with Crippen molar-refractivity contribution in [2.24, 2.45) is 4.99 Å². The average molecular weight is 267 g/mol. The van der Waals surface area contributed by atoms with Gasteiger partial charge in [0.1, 0.15) is 0 Å². The Balaban J connectivity index is 2.15. The van der Waals surface area contributed by atoms with Gasteiger partial charge in [0.25, 0.3) is 0 Å². The molecule has 0 aliphatic carbocycles. The first-order valence-electron chi connectivity index (χ1n) is 4.05. The van der Waals surface area contributed by atoms with Crippen molar-refractivity contribution < 1.29 is 0 Å². The van der Waals surface area contributed by atoms with Gasteiger partial charge in [0.15, 0.2) is 5.82 Å². The minimum Gasteiger partial charge on any atom is -0.237 e. The molecule has 4 heteroatoms. The summed E-state index contributed by atoms with van der Waals surface area (Å²) >= 11 is 5.05. The lowest BCUT2D eigenvalue weighted by atomic mass is 10.4. The number of hydrogen-bond donors (Lipinski definition) is 0. The maximum Gasteiger partial charge on any atom is 0.151 e. The Labute approximate surface area is 94.5 Å². The Morgan fingerprint density at radius 1 is 1.29 bits per heavy atom. The largest absolute Gasteiger partial charge is 0.237 e. The highest BCUT2D eigenvalue weighted by atomic mass is 79.9. The molecule has 0 amide bonds. The van der Waals surface area contributed by atoms with Gasteiger partial charge in [0, 0.05) is 17.3 Å². The second-order valence-electron chi connectivity index (χ2n) is 2.59.